The number of amides is 1. The Labute approximate surface area is 140 Å². The molecule has 0 aromatic heterocycles. The Morgan fingerprint density at radius 3 is 2.75 bits per heavy atom. The van der Waals surface area contributed by atoms with E-state index in [9.17, 15) is 4.79 Å². The van der Waals surface area contributed by atoms with E-state index in [1.165, 1.54) is 6.08 Å². The van der Waals surface area contributed by atoms with Crippen molar-refractivity contribution >= 4 is 17.7 Å². The van der Waals surface area contributed by atoms with Gasteiger partial charge in [-0.1, -0.05) is 24.8 Å². The minimum atomic E-state index is -0.221. The summed E-state index contributed by atoms with van der Waals surface area (Å²) in [7, 11) is 0. The standard InChI is InChI=1S/C19H17NO4/c1-2-11-22-16-7-3-14(4-8-16)5-10-19(21)20-15-6-9-17-18(12-15)24-13-23-17/h2-10,12H,1,11,13H2,(H,20,21). The maximum atomic E-state index is 12.0. The van der Waals surface area contributed by atoms with Crippen LogP contribution in [0, 0.1) is 0 Å². The van der Waals surface area contributed by atoms with Crippen LogP contribution in [0.25, 0.3) is 6.08 Å². The largest absolute Gasteiger partial charge is 0.490 e. The number of anilines is 1. The molecule has 0 spiro atoms. The molecular weight excluding hydrogens is 306 g/mol. The third kappa shape index (κ3) is 3.95. The first-order valence-corrected chi connectivity index (χ1v) is 7.47. The van der Waals surface area contributed by atoms with Crippen molar-refractivity contribution in [2.75, 3.05) is 18.7 Å². The van der Waals surface area contributed by atoms with E-state index in [-0.39, 0.29) is 12.7 Å². The van der Waals surface area contributed by atoms with Gasteiger partial charge in [0.05, 0.1) is 0 Å². The summed E-state index contributed by atoms with van der Waals surface area (Å²) in [6, 6.07) is 12.7. The van der Waals surface area contributed by atoms with E-state index < -0.39 is 0 Å². The molecule has 0 saturated heterocycles. The minimum Gasteiger partial charge on any atom is -0.490 e. The summed E-state index contributed by atoms with van der Waals surface area (Å²) < 4.78 is 15.9. The molecule has 0 radical (unpaired) electrons. The Morgan fingerprint density at radius 2 is 1.96 bits per heavy atom. The normalized spacial score (nSPS) is 12.2. The lowest BCUT2D eigenvalue weighted by atomic mass is 10.2. The molecule has 0 aliphatic carbocycles. The van der Waals surface area contributed by atoms with Gasteiger partial charge in [0.25, 0.3) is 0 Å². The molecule has 0 fully saturated rings. The van der Waals surface area contributed by atoms with Crippen LogP contribution in [-0.4, -0.2) is 19.3 Å². The van der Waals surface area contributed by atoms with Crippen molar-refractivity contribution in [3.63, 3.8) is 0 Å². The maximum absolute atomic E-state index is 12.0. The SMILES string of the molecule is C=CCOc1ccc(C=CC(=O)Nc2ccc3c(c2)OCO3)cc1. The molecule has 5 heteroatoms. The smallest absolute Gasteiger partial charge is 0.248 e. The van der Waals surface area contributed by atoms with Gasteiger partial charge in [0.2, 0.25) is 12.7 Å². The molecule has 5 nitrogen and oxygen atoms in total. The summed E-state index contributed by atoms with van der Waals surface area (Å²) in [5, 5.41) is 2.78. The summed E-state index contributed by atoms with van der Waals surface area (Å²) in [5.74, 6) is 1.85. The number of hydrogen-bond donors (Lipinski definition) is 1. The molecule has 1 heterocycles. The molecule has 0 saturated carbocycles. The van der Waals surface area contributed by atoms with Crippen LogP contribution in [0.1, 0.15) is 5.56 Å². The number of benzene rings is 2. The van der Waals surface area contributed by atoms with Crippen LogP contribution >= 0.6 is 0 Å². The number of carbonyl (C=O) groups is 1. The summed E-state index contributed by atoms with van der Waals surface area (Å²) >= 11 is 0. The predicted octanol–water partition coefficient (Wildman–Crippen LogP) is 3.63. The van der Waals surface area contributed by atoms with Crippen molar-refractivity contribution in [2.24, 2.45) is 0 Å². The molecule has 2 aromatic carbocycles. The lowest BCUT2D eigenvalue weighted by Crippen LogP contribution is -2.07. The zero-order valence-corrected chi connectivity index (χ0v) is 13.0. The zero-order valence-electron chi connectivity index (χ0n) is 13.0. The maximum Gasteiger partial charge on any atom is 0.248 e. The van der Waals surface area contributed by atoms with Gasteiger partial charge in [-0.3, -0.25) is 4.79 Å². The number of fused-ring (bicyclic) bond motifs is 1. The van der Waals surface area contributed by atoms with Gasteiger partial charge in [-0.25, -0.2) is 0 Å². The van der Waals surface area contributed by atoms with Crippen molar-refractivity contribution in [1.82, 2.24) is 0 Å². The second kappa shape index (κ2) is 7.37. The van der Waals surface area contributed by atoms with Crippen molar-refractivity contribution < 1.29 is 19.0 Å². The van der Waals surface area contributed by atoms with Gasteiger partial charge in [0.15, 0.2) is 11.5 Å². The average molecular weight is 323 g/mol. The Balaban J connectivity index is 1.58. The van der Waals surface area contributed by atoms with Crippen molar-refractivity contribution in [1.29, 1.82) is 0 Å². The number of rotatable bonds is 6. The fourth-order valence-electron chi connectivity index (χ4n) is 2.16. The van der Waals surface area contributed by atoms with E-state index in [0.29, 0.717) is 23.8 Å². The minimum absolute atomic E-state index is 0.207. The first-order valence-electron chi connectivity index (χ1n) is 7.47. The molecule has 1 amide bonds. The lowest BCUT2D eigenvalue weighted by Gasteiger charge is -2.04. The quantitative estimate of drug-likeness (QED) is 0.651. The van der Waals surface area contributed by atoms with Gasteiger partial charge in [-0.05, 0) is 35.9 Å². The number of carbonyl (C=O) groups excluding carboxylic acids is 1. The van der Waals surface area contributed by atoms with Crippen LogP contribution < -0.4 is 19.5 Å². The Morgan fingerprint density at radius 1 is 1.17 bits per heavy atom. The van der Waals surface area contributed by atoms with Crippen LogP contribution in [0.5, 0.6) is 17.2 Å². The van der Waals surface area contributed by atoms with Gasteiger partial charge in [-0.15, -0.1) is 0 Å². The molecule has 0 atom stereocenters. The Kier molecular flexibility index (Phi) is 4.81. The van der Waals surface area contributed by atoms with E-state index in [2.05, 4.69) is 11.9 Å². The molecule has 0 unspecified atom stereocenters. The highest BCUT2D eigenvalue weighted by Gasteiger charge is 2.13. The highest BCUT2D eigenvalue weighted by atomic mass is 16.7. The molecule has 1 aliphatic rings. The predicted molar refractivity (Wildman–Crippen MR) is 92.4 cm³/mol. The molecule has 2 aromatic rings. The van der Waals surface area contributed by atoms with Crippen LogP contribution in [0.4, 0.5) is 5.69 Å². The molecular formula is C19H17NO4. The summed E-state index contributed by atoms with van der Waals surface area (Å²) in [6.07, 6.45) is 4.90. The van der Waals surface area contributed by atoms with Gasteiger partial charge < -0.3 is 19.5 Å². The molecule has 3 rings (SSSR count). The number of nitrogens with one attached hydrogen (secondary N) is 1. The third-order valence-corrected chi connectivity index (χ3v) is 3.32. The van der Waals surface area contributed by atoms with E-state index >= 15 is 0 Å². The fourth-order valence-corrected chi connectivity index (χ4v) is 2.16. The van der Waals surface area contributed by atoms with Crippen LogP contribution in [0.2, 0.25) is 0 Å². The van der Waals surface area contributed by atoms with E-state index in [0.717, 1.165) is 11.3 Å². The van der Waals surface area contributed by atoms with Crippen LogP contribution in [-0.2, 0) is 4.79 Å². The summed E-state index contributed by atoms with van der Waals surface area (Å²) in [5.41, 5.74) is 1.56. The molecule has 122 valence electrons. The second-order valence-electron chi connectivity index (χ2n) is 5.06. The fraction of sp³-hybridized carbons (Fsp3) is 0.105. The molecule has 1 N–H and O–H groups in total. The summed E-state index contributed by atoms with van der Waals surface area (Å²) in [6.45, 7) is 4.27. The van der Waals surface area contributed by atoms with Crippen molar-refractivity contribution in [2.45, 2.75) is 0 Å². The van der Waals surface area contributed by atoms with E-state index in [1.807, 2.05) is 24.3 Å². The molecule has 24 heavy (non-hydrogen) atoms. The average Bonchev–Trinajstić information content (AvgIpc) is 3.07. The Hall–Kier alpha value is -3.21. The van der Waals surface area contributed by atoms with E-state index in [4.69, 9.17) is 14.2 Å². The monoisotopic (exact) mass is 323 g/mol. The highest BCUT2D eigenvalue weighted by molar-refractivity contribution is 6.02. The first kappa shape index (κ1) is 15.7. The van der Waals surface area contributed by atoms with Crippen molar-refractivity contribution in [3.8, 4) is 17.2 Å². The summed E-state index contributed by atoms with van der Waals surface area (Å²) in [4.78, 5) is 12.0. The third-order valence-electron chi connectivity index (χ3n) is 3.32. The van der Waals surface area contributed by atoms with Gasteiger partial charge in [0, 0.05) is 17.8 Å². The van der Waals surface area contributed by atoms with E-state index in [1.54, 1.807) is 30.4 Å². The van der Waals surface area contributed by atoms with Crippen LogP contribution in [0.3, 0.4) is 0 Å². The number of ether oxygens (including phenoxy) is 3. The molecule has 1 aliphatic heterocycles. The topological polar surface area (TPSA) is 56.8 Å². The van der Waals surface area contributed by atoms with Crippen molar-refractivity contribution in [3.05, 3.63) is 66.8 Å². The highest BCUT2D eigenvalue weighted by Crippen LogP contribution is 2.34. The zero-order chi connectivity index (χ0) is 16.8. The van der Waals surface area contributed by atoms with Gasteiger partial charge in [0.1, 0.15) is 12.4 Å². The lowest BCUT2D eigenvalue weighted by molar-refractivity contribution is -0.111. The molecule has 0 bridgehead atoms. The Bertz CT molecular complexity index is 765. The first-order chi connectivity index (χ1) is 11.7. The second-order valence-corrected chi connectivity index (χ2v) is 5.06. The van der Waals surface area contributed by atoms with Gasteiger partial charge in [-0.2, -0.15) is 0 Å². The van der Waals surface area contributed by atoms with Gasteiger partial charge >= 0.3 is 0 Å². The number of hydrogen-bond acceptors (Lipinski definition) is 4. The van der Waals surface area contributed by atoms with Crippen LogP contribution in [0.15, 0.2) is 61.2 Å².